The van der Waals surface area contributed by atoms with Gasteiger partial charge in [-0.1, -0.05) is 39.0 Å². The van der Waals surface area contributed by atoms with Crippen molar-refractivity contribution in [3.63, 3.8) is 0 Å². The van der Waals surface area contributed by atoms with Gasteiger partial charge in [-0.05, 0) is 49.1 Å². The van der Waals surface area contributed by atoms with Crippen LogP contribution in [0.3, 0.4) is 0 Å². The monoisotopic (exact) mass is 296 g/mol. The van der Waals surface area contributed by atoms with E-state index in [9.17, 15) is 4.79 Å². The highest BCUT2D eigenvalue weighted by molar-refractivity contribution is 5.95. The summed E-state index contributed by atoms with van der Waals surface area (Å²) in [5, 5.41) is 0. The highest BCUT2D eigenvalue weighted by Crippen LogP contribution is 2.22. The van der Waals surface area contributed by atoms with Gasteiger partial charge in [0.1, 0.15) is 5.49 Å². The second-order valence-electron chi connectivity index (χ2n) is 6.78. The number of aromatic nitrogens is 1. The van der Waals surface area contributed by atoms with Crippen LogP contribution in [0.1, 0.15) is 50.5 Å². The molecule has 3 nitrogen and oxygen atoms in total. The molecule has 0 aliphatic rings. The van der Waals surface area contributed by atoms with Crippen molar-refractivity contribution in [1.29, 1.82) is 0 Å². The standard InChI is InChI=1S/C19H24N2O/c1-14(2)20-17-8-6-7-13-21(17)18(22)15-9-11-16(12-10-15)19(3,4)5/h6-14H,1-5H3. The van der Waals surface area contributed by atoms with Gasteiger partial charge in [0.25, 0.3) is 5.91 Å². The second-order valence-corrected chi connectivity index (χ2v) is 6.78. The predicted molar refractivity (Wildman–Crippen MR) is 90.0 cm³/mol. The molecule has 116 valence electrons. The average Bonchev–Trinajstić information content (AvgIpc) is 2.46. The van der Waals surface area contributed by atoms with Crippen molar-refractivity contribution < 1.29 is 4.79 Å². The van der Waals surface area contributed by atoms with E-state index in [1.807, 2.05) is 56.3 Å². The summed E-state index contributed by atoms with van der Waals surface area (Å²) in [6.45, 7) is 10.5. The number of carbonyl (C=O) groups is 1. The summed E-state index contributed by atoms with van der Waals surface area (Å²) in [6.07, 6.45) is 1.77. The third kappa shape index (κ3) is 3.73. The first kappa shape index (κ1) is 16.2. The minimum Gasteiger partial charge on any atom is -0.268 e. The molecule has 0 radical (unpaired) electrons. The molecule has 0 N–H and O–H groups in total. The summed E-state index contributed by atoms with van der Waals surface area (Å²) >= 11 is 0. The van der Waals surface area contributed by atoms with E-state index in [2.05, 4.69) is 25.8 Å². The molecule has 2 aromatic rings. The normalized spacial score (nSPS) is 12.7. The van der Waals surface area contributed by atoms with E-state index in [-0.39, 0.29) is 17.4 Å². The van der Waals surface area contributed by atoms with Crippen LogP contribution in [0.4, 0.5) is 0 Å². The summed E-state index contributed by atoms with van der Waals surface area (Å²) in [6, 6.07) is 13.6. The molecule has 0 spiro atoms. The largest absolute Gasteiger partial charge is 0.268 e. The lowest BCUT2D eigenvalue weighted by Crippen LogP contribution is -2.28. The molecule has 3 heteroatoms. The molecule has 0 saturated carbocycles. The highest BCUT2D eigenvalue weighted by atomic mass is 16.2. The number of benzene rings is 1. The molecule has 0 amide bonds. The number of nitrogens with zero attached hydrogens (tertiary/aromatic N) is 2. The Morgan fingerprint density at radius 2 is 1.68 bits per heavy atom. The summed E-state index contributed by atoms with van der Waals surface area (Å²) in [5.74, 6) is -0.0551. The highest BCUT2D eigenvalue weighted by Gasteiger charge is 2.15. The zero-order valence-corrected chi connectivity index (χ0v) is 14.0. The zero-order valence-electron chi connectivity index (χ0n) is 14.0. The summed E-state index contributed by atoms with van der Waals surface area (Å²) < 4.78 is 1.60. The number of pyridine rings is 1. The molecule has 0 fully saturated rings. The van der Waals surface area contributed by atoms with E-state index in [0.29, 0.717) is 11.1 Å². The first-order chi connectivity index (χ1) is 10.3. The van der Waals surface area contributed by atoms with E-state index in [0.717, 1.165) is 0 Å². The maximum atomic E-state index is 12.7. The van der Waals surface area contributed by atoms with Crippen molar-refractivity contribution in [2.24, 2.45) is 4.99 Å². The molecule has 0 bridgehead atoms. The zero-order chi connectivity index (χ0) is 16.3. The van der Waals surface area contributed by atoms with Gasteiger partial charge in [0, 0.05) is 17.8 Å². The fourth-order valence-corrected chi connectivity index (χ4v) is 2.23. The molecular formula is C19H24N2O. The first-order valence-corrected chi connectivity index (χ1v) is 7.66. The molecule has 0 aliphatic carbocycles. The SMILES string of the molecule is CC(C)N=c1ccccn1C(=O)c1ccc(C(C)(C)C)cc1. The average molecular weight is 296 g/mol. The number of rotatable bonds is 2. The van der Waals surface area contributed by atoms with Crippen LogP contribution in [-0.4, -0.2) is 16.5 Å². The second kappa shape index (κ2) is 6.30. The van der Waals surface area contributed by atoms with E-state index in [4.69, 9.17) is 0 Å². The van der Waals surface area contributed by atoms with Crippen molar-refractivity contribution >= 4 is 5.91 Å². The van der Waals surface area contributed by atoms with Gasteiger partial charge < -0.3 is 0 Å². The van der Waals surface area contributed by atoms with Gasteiger partial charge in [-0.3, -0.25) is 14.4 Å². The van der Waals surface area contributed by atoms with Gasteiger partial charge in [-0.25, -0.2) is 0 Å². The summed E-state index contributed by atoms with van der Waals surface area (Å²) in [7, 11) is 0. The minimum absolute atomic E-state index is 0.0551. The van der Waals surface area contributed by atoms with Gasteiger partial charge in [0.2, 0.25) is 0 Å². The van der Waals surface area contributed by atoms with Crippen LogP contribution < -0.4 is 5.49 Å². The Hall–Kier alpha value is -2.16. The van der Waals surface area contributed by atoms with Gasteiger partial charge in [0.05, 0.1) is 0 Å². The topological polar surface area (TPSA) is 34.4 Å². The molecule has 0 atom stereocenters. The van der Waals surface area contributed by atoms with Crippen molar-refractivity contribution in [2.45, 2.75) is 46.1 Å². The van der Waals surface area contributed by atoms with Crippen molar-refractivity contribution in [3.05, 3.63) is 65.3 Å². The predicted octanol–water partition coefficient (Wildman–Crippen LogP) is 3.78. The number of hydrogen-bond acceptors (Lipinski definition) is 2. The Morgan fingerprint density at radius 3 is 2.23 bits per heavy atom. The van der Waals surface area contributed by atoms with Crippen LogP contribution in [0.25, 0.3) is 0 Å². The van der Waals surface area contributed by atoms with Crippen LogP contribution in [0.15, 0.2) is 53.7 Å². The van der Waals surface area contributed by atoms with Crippen molar-refractivity contribution in [2.75, 3.05) is 0 Å². The Labute approximate surface area is 132 Å². The van der Waals surface area contributed by atoms with Gasteiger partial charge in [-0.15, -0.1) is 0 Å². The Kier molecular flexibility index (Phi) is 4.65. The fraction of sp³-hybridized carbons (Fsp3) is 0.368. The number of carbonyl (C=O) groups excluding carboxylic acids is 1. The molecule has 22 heavy (non-hydrogen) atoms. The molecular weight excluding hydrogens is 272 g/mol. The van der Waals surface area contributed by atoms with Crippen molar-refractivity contribution in [1.82, 2.24) is 4.57 Å². The smallest absolute Gasteiger partial charge is 0.263 e. The maximum Gasteiger partial charge on any atom is 0.263 e. The number of hydrogen-bond donors (Lipinski definition) is 0. The first-order valence-electron chi connectivity index (χ1n) is 7.66. The van der Waals surface area contributed by atoms with Crippen LogP contribution in [0.2, 0.25) is 0 Å². The molecule has 0 unspecified atom stereocenters. The lowest BCUT2D eigenvalue weighted by molar-refractivity contribution is 0.0954. The molecule has 0 aliphatic heterocycles. The van der Waals surface area contributed by atoms with Crippen LogP contribution in [-0.2, 0) is 5.41 Å². The van der Waals surface area contributed by atoms with Crippen LogP contribution >= 0.6 is 0 Å². The van der Waals surface area contributed by atoms with E-state index in [1.165, 1.54) is 5.56 Å². The van der Waals surface area contributed by atoms with Gasteiger partial charge >= 0.3 is 0 Å². The lowest BCUT2D eigenvalue weighted by Gasteiger charge is -2.19. The van der Waals surface area contributed by atoms with Gasteiger partial charge in [-0.2, -0.15) is 0 Å². The Morgan fingerprint density at radius 1 is 1.05 bits per heavy atom. The molecule has 1 aromatic heterocycles. The third-order valence-electron chi connectivity index (χ3n) is 3.45. The quantitative estimate of drug-likeness (QED) is 0.830. The molecule has 1 aromatic carbocycles. The minimum atomic E-state index is -0.0551. The Balaban J connectivity index is 2.41. The maximum absolute atomic E-state index is 12.7. The Bertz CT molecular complexity index is 716. The summed E-state index contributed by atoms with van der Waals surface area (Å²) in [5.41, 5.74) is 2.65. The fourth-order valence-electron chi connectivity index (χ4n) is 2.23. The van der Waals surface area contributed by atoms with E-state index >= 15 is 0 Å². The third-order valence-corrected chi connectivity index (χ3v) is 3.45. The van der Waals surface area contributed by atoms with E-state index < -0.39 is 0 Å². The van der Waals surface area contributed by atoms with Gasteiger partial charge in [0.15, 0.2) is 0 Å². The van der Waals surface area contributed by atoms with Crippen LogP contribution in [0.5, 0.6) is 0 Å². The summed E-state index contributed by atoms with van der Waals surface area (Å²) in [4.78, 5) is 17.2. The van der Waals surface area contributed by atoms with Crippen LogP contribution in [0, 0.1) is 0 Å². The molecule has 2 rings (SSSR count). The molecule has 1 heterocycles. The molecule has 0 saturated heterocycles. The lowest BCUT2D eigenvalue weighted by atomic mass is 9.87. The van der Waals surface area contributed by atoms with Crippen molar-refractivity contribution in [3.8, 4) is 0 Å². The van der Waals surface area contributed by atoms with E-state index in [1.54, 1.807) is 10.8 Å².